The van der Waals surface area contributed by atoms with Crippen LogP contribution in [0.15, 0.2) is 52.9 Å². The molecule has 2 aromatic carbocycles. The summed E-state index contributed by atoms with van der Waals surface area (Å²) in [7, 11) is 0. The fourth-order valence-electron chi connectivity index (χ4n) is 2.02. The third kappa shape index (κ3) is 2.03. The van der Waals surface area contributed by atoms with Gasteiger partial charge in [-0.05, 0) is 42.8 Å². The molecule has 0 fully saturated rings. The molecule has 3 heteroatoms. The van der Waals surface area contributed by atoms with Crippen LogP contribution in [0.25, 0.3) is 11.0 Å². The average molecular weight is 254 g/mol. The number of ketones is 1. The van der Waals surface area contributed by atoms with Gasteiger partial charge in [0.2, 0.25) is 5.78 Å². The molecule has 1 aromatic heterocycles. The molecule has 0 atom stereocenters. The van der Waals surface area contributed by atoms with Crippen molar-refractivity contribution in [2.45, 2.75) is 6.92 Å². The van der Waals surface area contributed by atoms with Crippen molar-refractivity contribution in [3.8, 4) is 0 Å². The van der Waals surface area contributed by atoms with Crippen LogP contribution in [0.5, 0.6) is 0 Å². The Morgan fingerprint density at radius 3 is 2.63 bits per heavy atom. The number of halogens is 1. The van der Waals surface area contributed by atoms with Crippen molar-refractivity contribution in [1.29, 1.82) is 0 Å². The van der Waals surface area contributed by atoms with E-state index in [0.29, 0.717) is 16.7 Å². The maximum absolute atomic E-state index is 13.2. The number of para-hydroxylation sites is 1. The van der Waals surface area contributed by atoms with Crippen molar-refractivity contribution in [3.63, 3.8) is 0 Å². The quantitative estimate of drug-likeness (QED) is 0.644. The van der Waals surface area contributed by atoms with Gasteiger partial charge in [-0.2, -0.15) is 0 Å². The van der Waals surface area contributed by atoms with Crippen LogP contribution in [0.3, 0.4) is 0 Å². The number of furan rings is 1. The van der Waals surface area contributed by atoms with Gasteiger partial charge >= 0.3 is 0 Å². The molecule has 94 valence electrons. The van der Waals surface area contributed by atoms with Gasteiger partial charge < -0.3 is 4.42 Å². The number of rotatable bonds is 2. The summed E-state index contributed by atoms with van der Waals surface area (Å²) in [5.74, 6) is -0.285. The van der Waals surface area contributed by atoms with E-state index in [1.54, 1.807) is 13.0 Å². The first-order valence-electron chi connectivity index (χ1n) is 5.94. The van der Waals surface area contributed by atoms with Crippen LogP contribution in [0, 0.1) is 12.7 Å². The summed E-state index contributed by atoms with van der Waals surface area (Å²) in [6.45, 7) is 1.63. The van der Waals surface area contributed by atoms with E-state index >= 15 is 0 Å². The molecule has 0 unspecified atom stereocenters. The first-order chi connectivity index (χ1) is 9.15. The Morgan fingerprint density at radius 1 is 1.11 bits per heavy atom. The number of carbonyl (C=O) groups excluding carboxylic acids is 1. The summed E-state index contributed by atoms with van der Waals surface area (Å²) in [5.41, 5.74) is 1.55. The highest BCUT2D eigenvalue weighted by Gasteiger charge is 2.15. The number of benzene rings is 2. The molecule has 0 aliphatic carbocycles. The molecule has 0 saturated heterocycles. The Bertz CT molecular complexity index is 738. The molecule has 3 rings (SSSR count). The van der Waals surface area contributed by atoms with Crippen LogP contribution in [-0.2, 0) is 0 Å². The zero-order valence-electron chi connectivity index (χ0n) is 10.3. The van der Waals surface area contributed by atoms with Gasteiger partial charge in [0.25, 0.3) is 0 Å². The van der Waals surface area contributed by atoms with Crippen LogP contribution in [0.4, 0.5) is 4.39 Å². The van der Waals surface area contributed by atoms with E-state index < -0.39 is 0 Å². The molecule has 0 amide bonds. The third-order valence-electron chi connectivity index (χ3n) is 3.07. The summed E-state index contributed by atoms with van der Waals surface area (Å²) in [6, 6.07) is 13.4. The predicted octanol–water partition coefficient (Wildman–Crippen LogP) is 4.11. The fourth-order valence-corrected chi connectivity index (χ4v) is 2.02. The first kappa shape index (κ1) is 11.7. The van der Waals surface area contributed by atoms with Crippen LogP contribution in [-0.4, -0.2) is 5.78 Å². The molecule has 0 radical (unpaired) electrons. The summed E-state index contributed by atoms with van der Waals surface area (Å²) >= 11 is 0. The van der Waals surface area contributed by atoms with E-state index in [-0.39, 0.29) is 17.4 Å². The lowest BCUT2D eigenvalue weighted by molar-refractivity contribution is 0.101. The van der Waals surface area contributed by atoms with Crippen molar-refractivity contribution in [2.75, 3.05) is 0 Å². The molecule has 2 nitrogen and oxygen atoms in total. The van der Waals surface area contributed by atoms with Crippen molar-refractivity contribution in [2.24, 2.45) is 0 Å². The fraction of sp³-hybridized carbons (Fsp3) is 0.0625. The highest BCUT2D eigenvalue weighted by molar-refractivity contribution is 6.09. The topological polar surface area (TPSA) is 30.2 Å². The van der Waals surface area contributed by atoms with Crippen LogP contribution in [0.1, 0.15) is 21.7 Å². The van der Waals surface area contributed by atoms with Gasteiger partial charge in [0, 0.05) is 10.9 Å². The SMILES string of the molecule is Cc1cc(C(=O)c2cc3ccccc3o2)ccc1F. The van der Waals surface area contributed by atoms with Crippen LogP contribution >= 0.6 is 0 Å². The van der Waals surface area contributed by atoms with Gasteiger partial charge in [0.1, 0.15) is 11.4 Å². The first-order valence-corrected chi connectivity index (χ1v) is 5.94. The standard InChI is InChI=1S/C16H11FO2/c1-10-8-12(6-7-13(10)17)16(18)15-9-11-4-2-3-5-14(11)19-15/h2-9H,1H3. The largest absolute Gasteiger partial charge is 0.453 e. The van der Waals surface area contributed by atoms with E-state index in [0.717, 1.165) is 5.39 Å². The molecule has 3 aromatic rings. The molecule has 0 spiro atoms. The van der Waals surface area contributed by atoms with Crippen molar-refractivity contribution >= 4 is 16.8 Å². The second-order valence-corrected chi connectivity index (χ2v) is 4.44. The van der Waals surface area contributed by atoms with Gasteiger partial charge in [-0.3, -0.25) is 4.79 Å². The third-order valence-corrected chi connectivity index (χ3v) is 3.07. The summed E-state index contributed by atoms with van der Waals surface area (Å²) in [4.78, 5) is 12.3. The smallest absolute Gasteiger partial charge is 0.228 e. The van der Waals surface area contributed by atoms with E-state index in [1.807, 2.05) is 24.3 Å². The molecule has 1 heterocycles. The molecule has 0 aliphatic heterocycles. The molecule has 0 bridgehead atoms. The normalized spacial score (nSPS) is 10.8. The van der Waals surface area contributed by atoms with Gasteiger partial charge in [-0.15, -0.1) is 0 Å². The van der Waals surface area contributed by atoms with Gasteiger partial charge in [0.05, 0.1) is 0 Å². The number of carbonyl (C=O) groups is 1. The molecular formula is C16H11FO2. The minimum absolute atomic E-state index is 0.237. The van der Waals surface area contributed by atoms with Crippen molar-refractivity contribution < 1.29 is 13.6 Å². The average Bonchev–Trinajstić information content (AvgIpc) is 2.85. The van der Waals surface area contributed by atoms with Crippen molar-refractivity contribution in [3.05, 3.63) is 71.2 Å². The Labute approximate surface area is 109 Å². The van der Waals surface area contributed by atoms with Gasteiger partial charge in [-0.25, -0.2) is 4.39 Å². The maximum Gasteiger partial charge on any atom is 0.228 e. The minimum Gasteiger partial charge on any atom is -0.453 e. The Kier molecular flexibility index (Phi) is 2.67. The maximum atomic E-state index is 13.2. The van der Waals surface area contributed by atoms with E-state index in [2.05, 4.69) is 0 Å². The summed E-state index contributed by atoms with van der Waals surface area (Å²) in [5, 5.41) is 0.879. The second-order valence-electron chi connectivity index (χ2n) is 4.44. The molecule has 19 heavy (non-hydrogen) atoms. The van der Waals surface area contributed by atoms with E-state index in [1.165, 1.54) is 18.2 Å². The molecular weight excluding hydrogens is 243 g/mol. The monoisotopic (exact) mass is 254 g/mol. The zero-order chi connectivity index (χ0) is 13.4. The highest BCUT2D eigenvalue weighted by Crippen LogP contribution is 2.22. The van der Waals surface area contributed by atoms with Crippen molar-refractivity contribution in [1.82, 2.24) is 0 Å². The Morgan fingerprint density at radius 2 is 1.89 bits per heavy atom. The summed E-state index contributed by atoms with van der Waals surface area (Å²) < 4.78 is 18.7. The van der Waals surface area contributed by atoms with E-state index in [4.69, 9.17) is 4.42 Å². The number of hydrogen-bond donors (Lipinski definition) is 0. The molecule has 0 N–H and O–H groups in total. The van der Waals surface area contributed by atoms with Crippen LogP contribution in [0.2, 0.25) is 0 Å². The highest BCUT2D eigenvalue weighted by atomic mass is 19.1. The predicted molar refractivity (Wildman–Crippen MR) is 70.8 cm³/mol. The Balaban J connectivity index is 2.05. The van der Waals surface area contributed by atoms with Gasteiger partial charge in [-0.1, -0.05) is 18.2 Å². The number of aryl methyl sites for hydroxylation is 1. The lowest BCUT2D eigenvalue weighted by atomic mass is 10.1. The molecule has 0 aliphatic rings. The van der Waals surface area contributed by atoms with Crippen LogP contribution < -0.4 is 0 Å². The summed E-state index contributed by atoms with van der Waals surface area (Å²) in [6.07, 6.45) is 0. The van der Waals surface area contributed by atoms with Gasteiger partial charge in [0.15, 0.2) is 5.76 Å². The Hall–Kier alpha value is -2.42. The zero-order valence-corrected chi connectivity index (χ0v) is 10.3. The second kappa shape index (κ2) is 4.35. The minimum atomic E-state index is -0.318. The number of fused-ring (bicyclic) bond motifs is 1. The number of hydrogen-bond acceptors (Lipinski definition) is 2. The lowest BCUT2D eigenvalue weighted by Crippen LogP contribution is -2.00. The molecule has 0 saturated carbocycles. The lowest BCUT2D eigenvalue weighted by Gasteiger charge is -2.00. The van der Waals surface area contributed by atoms with E-state index in [9.17, 15) is 9.18 Å².